The molecule has 0 aliphatic rings. The fourth-order valence-electron chi connectivity index (χ4n) is 1.25. The third kappa shape index (κ3) is 1.82. The Morgan fingerprint density at radius 1 is 1.33 bits per heavy atom. The zero-order valence-corrected chi connectivity index (χ0v) is 9.50. The molecular formula is C9H8Cl2N4. The number of hydrogen-bond donors (Lipinski definition) is 0. The Kier molecular flexibility index (Phi) is 2.88. The van der Waals surface area contributed by atoms with E-state index in [0.29, 0.717) is 10.9 Å². The van der Waals surface area contributed by atoms with Crippen molar-refractivity contribution in [3.8, 4) is 5.69 Å². The first-order valence-corrected chi connectivity index (χ1v) is 5.21. The van der Waals surface area contributed by atoms with E-state index in [2.05, 4.69) is 15.3 Å². The van der Waals surface area contributed by atoms with Crippen molar-refractivity contribution < 1.29 is 0 Å². The summed E-state index contributed by atoms with van der Waals surface area (Å²) in [6.07, 6.45) is 4.90. The van der Waals surface area contributed by atoms with Gasteiger partial charge >= 0.3 is 0 Å². The van der Waals surface area contributed by atoms with Gasteiger partial charge < -0.3 is 0 Å². The summed E-state index contributed by atoms with van der Waals surface area (Å²) in [6, 6.07) is 0. The molecule has 0 atom stereocenters. The molecule has 0 aliphatic heterocycles. The highest BCUT2D eigenvalue weighted by Gasteiger charge is 2.09. The SMILES string of the molecule is Cc1c(Cl)cncc1-n1nncc1CCl. The molecule has 0 radical (unpaired) electrons. The Labute approximate surface area is 96.8 Å². The van der Waals surface area contributed by atoms with Gasteiger partial charge in [-0.3, -0.25) is 4.98 Å². The van der Waals surface area contributed by atoms with Crippen LogP contribution in [-0.2, 0) is 5.88 Å². The van der Waals surface area contributed by atoms with Crippen LogP contribution in [0.25, 0.3) is 5.69 Å². The van der Waals surface area contributed by atoms with E-state index in [9.17, 15) is 0 Å². The molecule has 0 N–H and O–H groups in total. The van der Waals surface area contributed by atoms with Crippen LogP contribution >= 0.6 is 23.2 Å². The van der Waals surface area contributed by atoms with Crippen molar-refractivity contribution in [3.05, 3.63) is 34.9 Å². The first-order chi connectivity index (χ1) is 7.24. The van der Waals surface area contributed by atoms with Crippen molar-refractivity contribution in [1.82, 2.24) is 20.0 Å². The molecule has 2 heterocycles. The average Bonchev–Trinajstić information content (AvgIpc) is 2.70. The van der Waals surface area contributed by atoms with Crippen LogP contribution in [0.3, 0.4) is 0 Å². The number of pyridine rings is 1. The standard InChI is InChI=1S/C9H8Cl2N4/c1-6-8(11)4-12-5-9(6)15-7(2-10)3-13-14-15/h3-5H,2H2,1H3. The molecule has 15 heavy (non-hydrogen) atoms. The van der Waals surface area contributed by atoms with Crippen molar-refractivity contribution in [2.45, 2.75) is 12.8 Å². The lowest BCUT2D eigenvalue weighted by atomic mass is 10.2. The first kappa shape index (κ1) is 10.4. The van der Waals surface area contributed by atoms with Gasteiger partial charge in [0.15, 0.2) is 0 Å². The molecule has 6 heteroatoms. The van der Waals surface area contributed by atoms with E-state index >= 15 is 0 Å². The van der Waals surface area contributed by atoms with Gasteiger partial charge in [0.25, 0.3) is 0 Å². The van der Waals surface area contributed by atoms with E-state index < -0.39 is 0 Å². The summed E-state index contributed by atoms with van der Waals surface area (Å²) < 4.78 is 1.64. The first-order valence-electron chi connectivity index (χ1n) is 4.30. The summed E-state index contributed by atoms with van der Waals surface area (Å²) in [7, 11) is 0. The van der Waals surface area contributed by atoms with Gasteiger partial charge in [-0.1, -0.05) is 16.8 Å². The fraction of sp³-hybridized carbons (Fsp3) is 0.222. The van der Waals surface area contributed by atoms with E-state index in [0.717, 1.165) is 16.9 Å². The predicted octanol–water partition coefficient (Wildman–Crippen LogP) is 2.36. The van der Waals surface area contributed by atoms with Crippen LogP contribution < -0.4 is 0 Å². The van der Waals surface area contributed by atoms with Crippen LogP contribution in [0, 0.1) is 6.92 Å². The lowest BCUT2D eigenvalue weighted by molar-refractivity contribution is 0.773. The highest BCUT2D eigenvalue weighted by atomic mass is 35.5. The minimum atomic E-state index is 0.346. The Bertz CT molecular complexity index is 481. The van der Waals surface area contributed by atoms with Gasteiger partial charge in [0.2, 0.25) is 0 Å². The van der Waals surface area contributed by atoms with Crippen molar-refractivity contribution in [2.24, 2.45) is 0 Å². The summed E-state index contributed by atoms with van der Waals surface area (Å²) in [6.45, 7) is 1.90. The van der Waals surface area contributed by atoms with Crippen LogP contribution in [0.5, 0.6) is 0 Å². The van der Waals surface area contributed by atoms with E-state index in [1.807, 2.05) is 6.92 Å². The summed E-state index contributed by atoms with van der Waals surface area (Å²) in [5.41, 5.74) is 2.52. The van der Waals surface area contributed by atoms with E-state index in [4.69, 9.17) is 23.2 Å². The van der Waals surface area contributed by atoms with Gasteiger partial charge in [-0.05, 0) is 12.5 Å². The molecule has 0 bridgehead atoms. The molecule has 0 aromatic carbocycles. The Balaban J connectivity index is 2.59. The Morgan fingerprint density at radius 3 is 2.87 bits per heavy atom. The predicted molar refractivity (Wildman–Crippen MR) is 58.5 cm³/mol. The van der Waals surface area contributed by atoms with Crippen molar-refractivity contribution in [2.75, 3.05) is 0 Å². The number of aromatic nitrogens is 4. The summed E-state index contributed by atoms with van der Waals surface area (Å²) >= 11 is 11.7. The molecule has 0 fully saturated rings. The smallest absolute Gasteiger partial charge is 0.0894 e. The van der Waals surface area contributed by atoms with Gasteiger partial charge in [-0.25, -0.2) is 4.68 Å². The van der Waals surface area contributed by atoms with Crippen LogP contribution in [0.4, 0.5) is 0 Å². The highest BCUT2D eigenvalue weighted by molar-refractivity contribution is 6.31. The Hall–Kier alpha value is -1.13. The van der Waals surface area contributed by atoms with Crippen LogP contribution in [0.1, 0.15) is 11.3 Å². The van der Waals surface area contributed by atoms with Gasteiger partial charge in [-0.2, -0.15) is 0 Å². The normalized spacial score (nSPS) is 10.6. The fourth-order valence-corrected chi connectivity index (χ4v) is 1.59. The van der Waals surface area contributed by atoms with Gasteiger partial charge in [-0.15, -0.1) is 16.7 Å². The summed E-state index contributed by atoms with van der Waals surface area (Å²) in [5, 5.41) is 8.34. The molecule has 78 valence electrons. The molecule has 2 aromatic heterocycles. The van der Waals surface area contributed by atoms with E-state index in [1.54, 1.807) is 23.3 Å². The molecule has 0 aliphatic carbocycles. The second-order valence-corrected chi connectivity index (χ2v) is 3.71. The van der Waals surface area contributed by atoms with Crippen LogP contribution in [0.2, 0.25) is 5.02 Å². The monoisotopic (exact) mass is 242 g/mol. The third-order valence-electron chi connectivity index (χ3n) is 2.11. The van der Waals surface area contributed by atoms with E-state index in [-0.39, 0.29) is 0 Å². The average molecular weight is 243 g/mol. The third-order valence-corrected chi connectivity index (χ3v) is 2.77. The maximum Gasteiger partial charge on any atom is 0.0894 e. The zero-order valence-electron chi connectivity index (χ0n) is 7.98. The topological polar surface area (TPSA) is 43.6 Å². The lowest BCUT2D eigenvalue weighted by Crippen LogP contribution is -2.04. The maximum absolute atomic E-state index is 5.97. The molecule has 0 amide bonds. The number of rotatable bonds is 2. The van der Waals surface area contributed by atoms with E-state index in [1.165, 1.54) is 0 Å². The molecular weight excluding hydrogens is 235 g/mol. The second kappa shape index (κ2) is 4.16. The minimum Gasteiger partial charge on any atom is -0.261 e. The summed E-state index contributed by atoms with van der Waals surface area (Å²) in [4.78, 5) is 4.01. The number of halogens is 2. The molecule has 0 saturated carbocycles. The van der Waals surface area contributed by atoms with Crippen molar-refractivity contribution >= 4 is 23.2 Å². The molecule has 0 unspecified atom stereocenters. The number of hydrogen-bond acceptors (Lipinski definition) is 3. The van der Waals surface area contributed by atoms with Crippen molar-refractivity contribution in [1.29, 1.82) is 0 Å². The number of alkyl halides is 1. The van der Waals surface area contributed by atoms with Crippen LogP contribution in [0.15, 0.2) is 18.6 Å². The summed E-state index contributed by atoms with van der Waals surface area (Å²) in [5.74, 6) is 0.346. The largest absolute Gasteiger partial charge is 0.261 e. The zero-order chi connectivity index (χ0) is 10.8. The van der Waals surface area contributed by atoms with Gasteiger partial charge in [0, 0.05) is 6.20 Å². The lowest BCUT2D eigenvalue weighted by Gasteiger charge is -2.07. The molecule has 4 nitrogen and oxygen atoms in total. The maximum atomic E-state index is 5.97. The molecule has 0 saturated heterocycles. The van der Waals surface area contributed by atoms with Gasteiger partial charge in [0.1, 0.15) is 0 Å². The Morgan fingerprint density at radius 2 is 2.13 bits per heavy atom. The van der Waals surface area contributed by atoms with Crippen LogP contribution in [-0.4, -0.2) is 20.0 Å². The highest BCUT2D eigenvalue weighted by Crippen LogP contribution is 2.21. The quantitative estimate of drug-likeness (QED) is 0.760. The molecule has 2 rings (SSSR count). The second-order valence-electron chi connectivity index (χ2n) is 3.04. The van der Waals surface area contributed by atoms with Crippen molar-refractivity contribution in [3.63, 3.8) is 0 Å². The molecule has 2 aromatic rings. The number of nitrogens with zero attached hydrogens (tertiary/aromatic N) is 4. The minimum absolute atomic E-state index is 0.346. The van der Waals surface area contributed by atoms with Gasteiger partial charge in [0.05, 0.1) is 34.7 Å². The molecule has 0 spiro atoms.